The lowest BCUT2D eigenvalue weighted by Gasteiger charge is -2.26. The second-order valence-corrected chi connectivity index (χ2v) is 8.10. The van der Waals surface area contributed by atoms with E-state index >= 15 is 0 Å². The zero-order chi connectivity index (χ0) is 20.1. The van der Waals surface area contributed by atoms with E-state index in [4.69, 9.17) is 4.74 Å². The highest BCUT2D eigenvalue weighted by molar-refractivity contribution is 9.10. The van der Waals surface area contributed by atoms with Crippen molar-refractivity contribution in [2.24, 2.45) is 0 Å². The van der Waals surface area contributed by atoms with Crippen molar-refractivity contribution in [1.82, 2.24) is 14.5 Å². The number of aromatic nitrogens is 2. The molecule has 0 aliphatic carbocycles. The fourth-order valence-corrected chi connectivity index (χ4v) is 4.09. The number of amides is 1. The average Bonchev–Trinajstić information content (AvgIpc) is 3.09. The van der Waals surface area contributed by atoms with Crippen molar-refractivity contribution in [3.8, 4) is 5.75 Å². The zero-order valence-corrected chi connectivity index (χ0v) is 17.9. The SMILES string of the molecule is O=C(COc1ccccc1Br)Nc1nc2ccccc2n1CCN1CCCCC1. The van der Waals surface area contributed by atoms with Crippen molar-refractivity contribution in [3.63, 3.8) is 0 Å². The summed E-state index contributed by atoms with van der Waals surface area (Å²) in [6.07, 6.45) is 3.85. The van der Waals surface area contributed by atoms with Crippen LogP contribution in [-0.4, -0.2) is 46.6 Å². The third kappa shape index (κ3) is 4.97. The Morgan fingerprint density at radius 2 is 1.79 bits per heavy atom. The molecule has 7 heteroatoms. The maximum Gasteiger partial charge on any atom is 0.264 e. The van der Waals surface area contributed by atoms with Crippen molar-refractivity contribution in [3.05, 3.63) is 53.0 Å². The number of rotatable bonds is 7. The minimum absolute atomic E-state index is 0.0715. The number of halogens is 1. The van der Waals surface area contributed by atoms with Gasteiger partial charge in [-0.05, 0) is 66.1 Å². The minimum atomic E-state index is -0.227. The van der Waals surface area contributed by atoms with Crippen LogP contribution < -0.4 is 10.1 Å². The molecule has 29 heavy (non-hydrogen) atoms. The number of likely N-dealkylation sites (tertiary alicyclic amines) is 1. The van der Waals surface area contributed by atoms with Crippen molar-refractivity contribution >= 4 is 38.8 Å². The number of ether oxygens (including phenoxy) is 1. The molecule has 1 aliphatic rings. The van der Waals surface area contributed by atoms with Crippen molar-refractivity contribution in [2.75, 3.05) is 31.6 Å². The highest BCUT2D eigenvalue weighted by atomic mass is 79.9. The number of hydrogen-bond acceptors (Lipinski definition) is 4. The molecule has 1 amide bonds. The van der Waals surface area contributed by atoms with Gasteiger partial charge < -0.3 is 14.2 Å². The summed E-state index contributed by atoms with van der Waals surface area (Å²) in [7, 11) is 0. The Balaban J connectivity index is 1.45. The summed E-state index contributed by atoms with van der Waals surface area (Å²) in [4.78, 5) is 19.6. The fourth-order valence-electron chi connectivity index (χ4n) is 3.69. The molecule has 0 saturated carbocycles. The molecular weight excluding hydrogens is 432 g/mol. The maximum atomic E-state index is 12.5. The molecule has 152 valence electrons. The number of para-hydroxylation sites is 3. The Bertz CT molecular complexity index is 982. The summed E-state index contributed by atoms with van der Waals surface area (Å²) in [5, 5.41) is 2.93. The van der Waals surface area contributed by atoms with E-state index in [9.17, 15) is 4.79 Å². The van der Waals surface area contributed by atoms with Crippen LogP contribution in [-0.2, 0) is 11.3 Å². The smallest absolute Gasteiger partial charge is 0.264 e. The molecule has 0 spiro atoms. The van der Waals surface area contributed by atoms with Gasteiger partial charge in [0.05, 0.1) is 15.5 Å². The largest absolute Gasteiger partial charge is 0.483 e. The van der Waals surface area contributed by atoms with Gasteiger partial charge in [0.1, 0.15) is 5.75 Å². The molecule has 0 unspecified atom stereocenters. The first-order valence-corrected chi connectivity index (χ1v) is 10.8. The van der Waals surface area contributed by atoms with Crippen LogP contribution >= 0.6 is 15.9 Å². The van der Waals surface area contributed by atoms with Gasteiger partial charge in [0.2, 0.25) is 5.95 Å². The van der Waals surface area contributed by atoms with Crippen molar-refractivity contribution in [1.29, 1.82) is 0 Å². The number of carbonyl (C=O) groups is 1. The third-order valence-electron chi connectivity index (χ3n) is 5.19. The van der Waals surface area contributed by atoms with E-state index < -0.39 is 0 Å². The Labute approximate surface area is 179 Å². The first-order chi connectivity index (χ1) is 14.2. The standard InChI is InChI=1S/C22H25BrN4O2/c23-17-8-2-5-11-20(17)29-16-21(28)25-22-24-18-9-3-4-10-19(18)27(22)15-14-26-12-6-1-7-13-26/h2-5,8-11H,1,6-7,12-16H2,(H,24,25,28). The second-order valence-electron chi connectivity index (χ2n) is 7.25. The molecule has 4 rings (SSSR count). The molecule has 6 nitrogen and oxygen atoms in total. The summed E-state index contributed by atoms with van der Waals surface area (Å²) in [6.45, 7) is 3.97. The molecule has 0 radical (unpaired) electrons. The first kappa shape index (κ1) is 19.9. The quantitative estimate of drug-likeness (QED) is 0.575. The third-order valence-corrected chi connectivity index (χ3v) is 5.84. The summed E-state index contributed by atoms with van der Waals surface area (Å²) >= 11 is 3.43. The Hall–Kier alpha value is -2.38. The second kappa shape index (κ2) is 9.41. The van der Waals surface area contributed by atoms with Crippen LogP contribution in [0.2, 0.25) is 0 Å². The van der Waals surface area contributed by atoms with Crippen LogP contribution in [0, 0.1) is 0 Å². The average molecular weight is 457 g/mol. The van der Waals surface area contributed by atoms with Crippen LogP contribution in [0.5, 0.6) is 5.75 Å². The molecule has 3 aromatic rings. The van der Waals surface area contributed by atoms with Crippen LogP contribution in [0.25, 0.3) is 11.0 Å². The van der Waals surface area contributed by atoms with E-state index in [1.165, 1.54) is 19.3 Å². The van der Waals surface area contributed by atoms with E-state index in [0.29, 0.717) is 11.7 Å². The number of nitrogens with zero attached hydrogens (tertiary/aromatic N) is 3. The summed E-state index contributed by atoms with van der Waals surface area (Å²) in [5.41, 5.74) is 1.92. The van der Waals surface area contributed by atoms with Crippen LogP contribution in [0.3, 0.4) is 0 Å². The van der Waals surface area contributed by atoms with Gasteiger partial charge >= 0.3 is 0 Å². The minimum Gasteiger partial charge on any atom is -0.483 e. The van der Waals surface area contributed by atoms with Crippen LogP contribution in [0.15, 0.2) is 53.0 Å². The molecule has 0 atom stereocenters. The monoisotopic (exact) mass is 456 g/mol. The molecule has 1 fully saturated rings. The first-order valence-electron chi connectivity index (χ1n) is 10.1. The summed E-state index contributed by atoms with van der Waals surface area (Å²) in [6, 6.07) is 15.5. The molecule has 1 saturated heterocycles. The van der Waals surface area contributed by atoms with Gasteiger partial charge in [-0.25, -0.2) is 4.98 Å². The number of anilines is 1. The van der Waals surface area contributed by atoms with Gasteiger partial charge in [0, 0.05) is 13.1 Å². The highest BCUT2D eigenvalue weighted by Crippen LogP contribution is 2.24. The predicted octanol–water partition coefficient (Wildman–Crippen LogP) is 4.30. The molecule has 1 aliphatic heterocycles. The topological polar surface area (TPSA) is 59.4 Å². The van der Waals surface area contributed by atoms with E-state index in [1.54, 1.807) is 0 Å². The summed E-state index contributed by atoms with van der Waals surface area (Å²) < 4.78 is 8.55. The molecule has 2 aromatic carbocycles. The molecule has 1 N–H and O–H groups in total. The van der Waals surface area contributed by atoms with Gasteiger partial charge in [-0.2, -0.15) is 0 Å². The summed E-state index contributed by atoms with van der Waals surface area (Å²) in [5.74, 6) is 0.987. The highest BCUT2D eigenvalue weighted by Gasteiger charge is 2.16. The maximum absolute atomic E-state index is 12.5. The molecule has 2 heterocycles. The normalized spacial score (nSPS) is 14.8. The number of piperidine rings is 1. The molecule has 0 bridgehead atoms. The lowest BCUT2D eigenvalue weighted by Crippen LogP contribution is -2.33. The number of carbonyl (C=O) groups excluding carboxylic acids is 1. The Kier molecular flexibility index (Phi) is 6.46. The van der Waals surface area contributed by atoms with E-state index in [0.717, 1.165) is 41.7 Å². The molecular formula is C22H25BrN4O2. The zero-order valence-electron chi connectivity index (χ0n) is 16.3. The number of benzene rings is 2. The van der Waals surface area contributed by atoms with Gasteiger partial charge in [0.15, 0.2) is 6.61 Å². The Morgan fingerprint density at radius 3 is 2.62 bits per heavy atom. The fraction of sp³-hybridized carbons (Fsp3) is 0.364. The predicted molar refractivity (Wildman–Crippen MR) is 118 cm³/mol. The Morgan fingerprint density at radius 1 is 1.03 bits per heavy atom. The lowest BCUT2D eigenvalue weighted by atomic mass is 10.1. The number of nitrogens with one attached hydrogen (secondary N) is 1. The van der Waals surface area contributed by atoms with Crippen LogP contribution in [0.4, 0.5) is 5.95 Å². The molecule has 1 aromatic heterocycles. The number of imidazole rings is 1. The van der Waals surface area contributed by atoms with Crippen molar-refractivity contribution < 1.29 is 9.53 Å². The van der Waals surface area contributed by atoms with Gasteiger partial charge in [-0.1, -0.05) is 30.7 Å². The van der Waals surface area contributed by atoms with Gasteiger partial charge in [-0.3, -0.25) is 10.1 Å². The van der Waals surface area contributed by atoms with Crippen molar-refractivity contribution in [2.45, 2.75) is 25.8 Å². The number of fused-ring (bicyclic) bond motifs is 1. The van der Waals surface area contributed by atoms with Gasteiger partial charge in [0.25, 0.3) is 5.91 Å². The van der Waals surface area contributed by atoms with Gasteiger partial charge in [-0.15, -0.1) is 0 Å². The number of hydrogen-bond donors (Lipinski definition) is 1. The lowest BCUT2D eigenvalue weighted by molar-refractivity contribution is -0.118. The van der Waals surface area contributed by atoms with E-state index in [1.807, 2.05) is 48.5 Å². The van der Waals surface area contributed by atoms with E-state index in [2.05, 4.69) is 35.7 Å². The van der Waals surface area contributed by atoms with Crippen LogP contribution in [0.1, 0.15) is 19.3 Å². The van der Waals surface area contributed by atoms with E-state index in [-0.39, 0.29) is 12.5 Å².